The minimum absolute atomic E-state index is 0.168. The van der Waals surface area contributed by atoms with Crippen LogP contribution in [-0.4, -0.2) is 65.5 Å². The zero-order valence-corrected chi connectivity index (χ0v) is 22.3. The largest absolute Gasteiger partial charge is 0.378 e. The van der Waals surface area contributed by atoms with Crippen molar-refractivity contribution in [2.45, 2.75) is 58.4 Å². The molecule has 2 aromatic heterocycles. The summed E-state index contributed by atoms with van der Waals surface area (Å²) in [4.78, 5) is 30.4. The van der Waals surface area contributed by atoms with Crippen molar-refractivity contribution in [2.75, 3.05) is 50.1 Å². The highest BCUT2D eigenvalue weighted by molar-refractivity contribution is 5.92. The number of aryl methyl sites for hydroxylation is 1. The van der Waals surface area contributed by atoms with Crippen LogP contribution in [0, 0.1) is 5.92 Å². The number of nitrogens with one attached hydrogen (secondary N) is 2. The predicted molar refractivity (Wildman–Crippen MR) is 149 cm³/mol. The number of carbonyl (C=O) groups excluding carboxylic acids is 1. The number of aromatic amines is 1. The van der Waals surface area contributed by atoms with Gasteiger partial charge in [-0.2, -0.15) is 0 Å². The van der Waals surface area contributed by atoms with Crippen LogP contribution in [0.15, 0.2) is 30.7 Å². The Morgan fingerprint density at radius 1 is 1.05 bits per heavy atom. The molecule has 8 heteroatoms. The zero-order chi connectivity index (χ0) is 25.6. The van der Waals surface area contributed by atoms with E-state index in [0.717, 1.165) is 100 Å². The second-order valence-corrected chi connectivity index (χ2v) is 10.5. The highest BCUT2D eigenvalue weighted by Crippen LogP contribution is 2.31. The Hall–Kier alpha value is -2.97. The van der Waals surface area contributed by atoms with E-state index in [1.807, 2.05) is 0 Å². The molecule has 0 spiro atoms. The van der Waals surface area contributed by atoms with Gasteiger partial charge in [-0.25, -0.2) is 9.97 Å². The SMILES string of the molecule is CCC1CCCCCN(C)Cc2c[nH]c3ncnc(c23)Nc2ccc(N3CCOCC3)c(c2)CCC1=O. The Bertz CT molecular complexity index is 1200. The number of anilines is 3. The van der Waals surface area contributed by atoms with Crippen molar-refractivity contribution in [2.24, 2.45) is 5.92 Å². The van der Waals surface area contributed by atoms with E-state index >= 15 is 0 Å². The number of nitrogens with zero attached hydrogens (tertiary/aromatic N) is 4. The summed E-state index contributed by atoms with van der Waals surface area (Å²) < 4.78 is 5.59. The molecule has 0 amide bonds. The number of hydrogen-bond donors (Lipinski definition) is 2. The van der Waals surface area contributed by atoms with Gasteiger partial charge < -0.3 is 24.8 Å². The van der Waals surface area contributed by atoms with E-state index in [1.165, 1.54) is 16.8 Å². The predicted octanol–water partition coefficient (Wildman–Crippen LogP) is 5.07. The van der Waals surface area contributed by atoms with Crippen molar-refractivity contribution in [1.29, 1.82) is 0 Å². The molecule has 1 aromatic carbocycles. The smallest absolute Gasteiger partial charge is 0.143 e. The Kier molecular flexibility index (Phi) is 8.36. The molecule has 2 aliphatic heterocycles. The number of Topliss-reactive ketones (excluding diaryl/α,β-unsaturated/α-hetero) is 1. The van der Waals surface area contributed by atoms with Gasteiger partial charge in [-0.05, 0) is 68.6 Å². The van der Waals surface area contributed by atoms with Crippen molar-refractivity contribution >= 4 is 34.0 Å². The molecule has 1 fully saturated rings. The van der Waals surface area contributed by atoms with Gasteiger partial charge in [0.15, 0.2) is 0 Å². The molecule has 1 saturated heterocycles. The number of rotatable bonds is 2. The van der Waals surface area contributed by atoms with E-state index in [-0.39, 0.29) is 5.92 Å². The lowest BCUT2D eigenvalue weighted by atomic mass is 9.90. The fourth-order valence-corrected chi connectivity index (χ4v) is 5.73. The number of ketones is 1. The molecule has 2 N–H and O–H groups in total. The molecule has 2 aliphatic rings. The van der Waals surface area contributed by atoms with Crippen LogP contribution in [0.25, 0.3) is 11.0 Å². The average Bonchev–Trinajstić information content (AvgIpc) is 3.33. The molecule has 0 saturated carbocycles. The van der Waals surface area contributed by atoms with Gasteiger partial charge in [0, 0.05) is 49.5 Å². The molecule has 1 atom stereocenters. The summed E-state index contributed by atoms with van der Waals surface area (Å²) in [6.07, 6.45) is 10.3. The summed E-state index contributed by atoms with van der Waals surface area (Å²) >= 11 is 0. The average molecular weight is 505 g/mol. The second kappa shape index (κ2) is 12.0. The third kappa shape index (κ3) is 6.13. The van der Waals surface area contributed by atoms with Gasteiger partial charge in [0.2, 0.25) is 0 Å². The molecule has 0 radical (unpaired) electrons. The molecule has 198 valence electrons. The third-order valence-corrected chi connectivity index (χ3v) is 7.87. The number of aromatic nitrogens is 3. The molecule has 1 unspecified atom stereocenters. The van der Waals surface area contributed by atoms with Crippen LogP contribution in [-0.2, 0) is 22.5 Å². The topological polar surface area (TPSA) is 86.4 Å². The van der Waals surface area contributed by atoms with E-state index in [1.54, 1.807) is 6.33 Å². The first-order valence-corrected chi connectivity index (χ1v) is 13.9. The molecule has 4 heterocycles. The lowest BCUT2D eigenvalue weighted by Gasteiger charge is -2.31. The molecule has 0 aliphatic carbocycles. The first kappa shape index (κ1) is 25.7. The molecular formula is C29H40N6O2. The van der Waals surface area contributed by atoms with Gasteiger partial charge in [-0.15, -0.1) is 0 Å². The number of morpholine rings is 1. The van der Waals surface area contributed by atoms with Gasteiger partial charge in [-0.3, -0.25) is 4.79 Å². The maximum Gasteiger partial charge on any atom is 0.143 e. The molecule has 2 bridgehead atoms. The first-order valence-electron chi connectivity index (χ1n) is 13.9. The summed E-state index contributed by atoms with van der Waals surface area (Å²) in [5.74, 6) is 1.38. The lowest BCUT2D eigenvalue weighted by molar-refractivity contribution is -0.123. The number of H-pyrrole nitrogens is 1. The zero-order valence-electron chi connectivity index (χ0n) is 22.3. The quantitative estimate of drug-likeness (QED) is 0.504. The van der Waals surface area contributed by atoms with Crippen LogP contribution in [0.3, 0.4) is 0 Å². The molecule has 5 rings (SSSR count). The van der Waals surface area contributed by atoms with Crippen molar-refractivity contribution in [1.82, 2.24) is 19.9 Å². The van der Waals surface area contributed by atoms with Gasteiger partial charge >= 0.3 is 0 Å². The number of benzene rings is 1. The number of carbonyl (C=O) groups is 1. The highest BCUT2D eigenvalue weighted by atomic mass is 16.5. The maximum atomic E-state index is 13.2. The molecule has 37 heavy (non-hydrogen) atoms. The Balaban J connectivity index is 1.50. The molecular weight excluding hydrogens is 464 g/mol. The van der Waals surface area contributed by atoms with Gasteiger partial charge in [0.05, 0.1) is 18.6 Å². The Labute approximate surface area is 219 Å². The summed E-state index contributed by atoms with van der Waals surface area (Å²) in [5.41, 5.74) is 5.43. The monoisotopic (exact) mass is 504 g/mol. The summed E-state index contributed by atoms with van der Waals surface area (Å²) in [6, 6.07) is 6.51. The van der Waals surface area contributed by atoms with Crippen LogP contribution in [0.5, 0.6) is 0 Å². The second-order valence-electron chi connectivity index (χ2n) is 10.5. The van der Waals surface area contributed by atoms with Gasteiger partial charge in [0.25, 0.3) is 0 Å². The Morgan fingerprint density at radius 2 is 1.92 bits per heavy atom. The summed E-state index contributed by atoms with van der Waals surface area (Å²) in [6.45, 7) is 7.23. The molecule has 8 nitrogen and oxygen atoms in total. The summed E-state index contributed by atoms with van der Waals surface area (Å²) in [7, 11) is 2.17. The lowest BCUT2D eigenvalue weighted by Crippen LogP contribution is -2.36. The summed E-state index contributed by atoms with van der Waals surface area (Å²) in [5, 5.41) is 4.61. The minimum Gasteiger partial charge on any atom is -0.378 e. The van der Waals surface area contributed by atoms with Crippen molar-refractivity contribution < 1.29 is 9.53 Å². The maximum absolute atomic E-state index is 13.2. The van der Waals surface area contributed by atoms with E-state index in [0.29, 0.717) is 12.2 Å². The minimum atomic E-state index is 0.168. The van der Waals surface area contributed by atoms with E-state index in [2.05, 4.69) is 68.4 Å². The van der Waals surface area contributed by atoms with Crippen LogP contribution in [0.2, 0.25) is 0 Å². The third-order valence-electron chi connectivity index (χ3n) is 7.87. The highest BCUT2D eigenvalue weighted by Gasteiger charge is 2.20. The standard InChI is InChI=1S/C29H40N6O2/c1-3-21-7-5-4-6-12-34(2)19-23-18-30-28-27(23)29(32-20-31-28)33-24-9-10-25(35-13-15-37-16-14-35)22(17-24)8-11-26(21)36/h9-10,17-18,20-21H,3-8,11-16,19H2,1-2H3,(H2,30,31,32,33). The van der Waals surface area contributed by atoms with E-state index in [9.17, 15) is 4.79 Å². The van der Waals surface area contributed by atoms with Crippen molar-refractivity contribution in [3.63, 3.8) is 0 Å². The fraction of sp³-hybridized carbons (Fsp3) is 0.552. The van der Waals surface area contributed by atoms with Crippen LogP contribution >= 0.6 is 0 Å². The number of hydrogen-bond acceptors (Lipinski definition) is 7. The van der Waals surface area contributed by atoms with Crippen LogP contribution in [0.4, 0.5) is 17.2 Å². The fourth-order valence-electron chi connectivity index (χ4n) is 5.73. The van der Waals surface area contributed by atoms with Gasteiger partial charge in [0.1, 0.15) is 23.6 Å². The van der Waals surface area contributed by atoms with Crippen LogP contribution in [0.1, 0.15) is 56.6 Å². The van der Waals surface area contributed by atoms with Crippen molar-refractivity contribution in [3.05, 3.63) is 41.9 Å². The molecule has 3 aromatic rings. The Morgan fingerprint density at radius 3 is 2.76 bits per heavy atom. The number of ether oxygens (including phenoxy) is 1. The van der Waals surface area contributed by atoms with Crippen molar-refractivity contribution in [3.8, 4) is 0 Å². The van der Waals surface area contributed by atoms with Crippen LogP contribution < -0.4 is 10.2 Å². The normalized spacial score (nSPS) is 20.9. The number of fused-ring (bicyclic) bond motifs is 2. The van der Waals surface area contributed by atoms with E-state index in [4.69, 9.17) is 4.74 Å². The van der Waals surface area contributed by atoms with E-state index < -0.39 is 0 Å². The van der Waals surface area contributed by atoms with Gasteiger partial charge in [-0.1, -0.05) is 19.8 Å². The first-order chi connectivity index (χ1) is 18.1.